The van der Waals surface area contributed by atoms with Crippen molar-refractivity contribution in [2.75, 3.05) is 33.9 Å². The molecule has 0 saturated carbocycles. The summed E-state index contributed by atoms with van der Waals surface area (Å²) >= 11 is 3.42. The summed E-state index contributed by atoms with van der Waals surface area (Å²) in [6.45, 7) is 2.99. The summed E-state index contributed by atoms with van der Waals surface area (Å²) in [5.41, 5.74) is 1.21. The van der Waals surface area contributed by atoms with E-state index in [2.05, 4.69) is 37.9 Å². The van der Waals surface area contributed by atoms with Crippen molar-refractivity contribution in [3.8, 4) is 0 Å². The number of pyridine rings is 1. The van der Waals surface area contributed by atoms with E-state index in [0.717, 1.165) is 36.9 Å². The van der Waals surface area contributed by atoms with Crippen LogP contribution in [-0.2, 0) is 9.47 Å². The molecule has 0 aliphatic carbocycles. The van der Waals surface area contributed by atoms with Crippen molar-refractivity contribution < 1.29 is 9.47 Å². The van der Waals surface area contributed by atoms with Gasteiger partial charge in [0.25, 0.3) is 0 Å². The first kappa shape index (κ1) is 14.9. The Morgan fingerprint density at radius 2 is 2.00 bits per heavy atom. The smallest absolute Gasteiger partial charge is 0.169 e. The van der Waals surface area contributed by atoms with Gasteiger partial charge in [0.05, 0.1) is 0 Å². The molecule has 4 nitrogen and oxygen atoms in total. The molecule has 0 spiro atoms. The van der Waals surface area contributed by atoms with Gasteiger partial charge in [-0.1, -0.05) is 0 Å². The second kappa shape index (κ2) is 7.33. The van der Waals surface area contributed by atoms with Gasteiger partial charge in [0.15, 0.2) is 6.29 Å². The van der Waals surface area contributed by atoms with Crippen LogP contribution in [0.5, 0.6) is 0 Å². The molecule has 1 aromatic heterocycles. The summed E-state index contributed by atoms with van der Waals surface area (Å²) in [7, 11) is 3.37. The predicted octanol–water partition coefficient (Wildman–Crippen LogP) is 2.64. The van der Waals surface area contributed by atoms with Crippen LogP contribution in [0, 0.1) is 0 Å². The molecule has 5 heteroatoms. The van der Waals surface area contributed by atoms with E-state index in [-0.39, 0.29) is 6.29 Å². The maximum Gasteiger partial charge on any atom is 0.169 e. The Morgan fingerprint density at radius 1 is 1.32 bits per heavy atom. The van der Waals surface area contributed by atoms with Gasteiger partial charge in [-0.2, -0.15) is 0 Å². The van der Waals surface area contributed by atoms with Crippen molar-refractivity contribution in [1.82, 2.24) is 9.88 Å². The minimum absolute atomic E-state index is 0.123. The number of hydrogen-bond acceptors (Lipinski definition) is 4. The number of hydrogen-bond donors (Lipinski definition) is 0. The first-order valence-corrected chi connectivity index (χ1v) is 7.41. The van der Waals surface area contributed by atoms with Gasteiger partial charge in [0.2, 0.25) is 0 Å². The molecule has 0 radical (unpaired) electrons. The van der Waals surface area contributed by atoms with Crippen LogP contribution in [0.3, 0.4) is 0 Å². The third kappa shape index (κ3) is 4.24. The van der Waals surface area contributed by atoms with Gasteiger partial charge in [0.1, 0.15) is 0 Å². The van der Waals surface area contributed by atoms with Crippen molar-refractivity contribution in [1.29, 1.82) is 0 Å². The van der Waals surface area contributed by atoms with Crippen LogP contribution in [0.4, 0.5) is 0 Å². The molecule has 1 aromatic rings. The van der Waals surface area contributed by atoms with Crippen LogP contribution in [0.1, 0.15) is 24.5 Å². The lowest BCUT2D eigenvalue weighted by atomic mass is 9.93. The first-order valence-electron chi connectivity index (χ1n) is 6.62. The number of ether oxygens (including phenoxy) is 2. The highest BCUT2D eigenvalue weighted by Gasteiger charge is 2.23. The maximum absolute atomic E-state index is 5.25. The van der Waals surface area contributed by atoms with Gasteiger partial charge in [-0.15, -0.1) is 0 Å². The summed E-state index contributed by atoms with van der Waals surface area (Å²) in [5.74, 6) is 0.577. The minimum Gasteiger partial charge on any atom is -0.355 e. The second-order valence-electron chi connectivity index (χ2n) is 4.88. The number of rotatable bonds is 5. The molecular formula is C14H21BrN2O2. The maximum atomic E-state index is 5.25. The number of halogens is 1. The highest BCUT2D eigenvalue weighted by molar-refractivity contribution is 9.10. The molecule has 2 heterocycles. The highest BCUT2D eigenvalue weighted by atomic mass is 79.9. The summed E-state index contributed by atoms with van der Waals surface area (Å²) in [6.07, 6.45) is 4.05. The second-order valence-corrected chi connectivity index (χ2v) is 5.79. The monoisotopic (exact) mass is 328 g/mol. The summed E-state index contributed by atoms with van der Waals surface area (Å²) in [5, 5.41) is 0. The van der Waals surface area contributed by atoms with E-state index in [9.17, 15) is 0 Å². The van der Waals surface area contributed by atoms with Gasteiger partial charge in [-0.3, -0.25) is 9.88 Å². The fraction of sp³-hybridized carbons (Fsp3) is 0.643. The quantitative estimate of drug-likeness (QED) is 0.778. The van der Waals surface area contributed by atoms with Crippen molar-refractivity contribution in [3.63, 3.8) is 0 Å². The van der Waals surface area contributed by atoms with E-state index in [4.69, 9.17) is 9.47 Å². The molecule has 0 unspecified atom stereocenters. The molecule has 0 bridgehead atoms. The van der Waals surface area contributed by atoms with E-state index >= 15 is 0 Å². The third-order valence-electron chi connectivity index (χ3n) is 3.69. The lowest BCUT2D eigenvalue weighted by molar-refractivity contribution is -0.118. The Balaban J connectivity index is 1.83. The van der Waals surface area contributed by atoms with E-state index in [1.54, 1.807) is 14.2 Å². The zero-order chi connectivity index (χ0) is 13.7. The molecular weight excluding hydrogens is 308 g/mol. The Hall–Kier alpha value is -0.490. The molecule has 0 atom stereocenters. The average Bonchev–Trinajstić information content (AvgIpc) is 2.46. The van der Waals surface area contributed by atoms with Gasteiger partial charge < -0.3 is 9.47 Å². The van der Waals surface area contributed by atoms with E-state index in [0.29, 0.717) is 5.92 Å². The Kier molecular flexibility index (Phi) is 5.76. The largest absolute Gasteiger partial charge is 0.355 e. The third-order valence-corrected chi connectivity index (χ3v) is 4.16. The van der Waals surface area contributed by atoms with Gasteiger partial charge >= 0.3 is 0 Å². The lowest BCUT2D eigenvalue weighted by Crippen LogP contribution is -2.39. The summed E-state index contributed by atoms with van der Waals surface area (Å²) in [6, 6.07) is 4.19. The standard InChI is InChI=1S/C14H21BrN2O2/c1-18-14(19-2)10-17-7-5-11(6-8-17)13-4-3-12(15)9-16-13/h3-4,9,11,14H,5-8,10H2,1-2H3. The molecule has 1 fully saturated rings. The van der Waals surface area contributed by atoms with Crippen LogP contribution in [-0.4, -0.2) is 50.0 Å². The van der Waals surface area contributed by atoms with Crippen LogP contribution >= 0.6 is 15.9 Å². The number of likely N-dealkylation sites (tertiary alicyclic amines) is 1. The predicted molar refractivity (Wildman–Crippen MR) is 78.2 cm³/mol. The van der Waals surface area contributed by atoms with E-state index < -0.39 is 0 Å². The minimum atomic E-state index is -0.123. The Labute approximate surface area is 123 Å². The molecule has 1 aliphatic heterocycles. The molecule has 1 aliphatic rings. The Morgan fingerprint density at radius 3 is 2.53 bits per heavy atom. The average molecular weight is 329 g/mol. The fourth-order valence-corrected chi connectivity index (χ4v) is 2.73. The van der Waals surface area contributed by atoms with E-state index in [1.807, 2.05) is 6.20 Å². The van der Waals surface area contributed by atoms with Crippen LogP contribution in [0.15, 0.2) is 22.8 Å². The van der Waals surface area contributed by atoms with Crippen molar-refractivity contribution in [2.24, 2.45) is 0 Å². The van der Waals surface area contributed by atoms with Crippen LogP contribution < -0.4 is 0 Å². The zero-order valence-corrected chi connectivity index (χ0v) is 13.1. The van der Waals surface area contributed by atoms with Gasteiger partial charge in [-0.25, -0.2) is 0 Å². The number of aromatic nitrogens is 1. The van der Waals surface area contributed by atoms with Crippen molar-refractivity contribution >= 4 is 15.9 Å². The normalized spacial score (nSPS) is 18.1. The van der Waals surface area contributed by atoms with Crippen molar-refractivity contribution in [3.05, 3.63) is 28.5 Å². The van der Waals surface area contributed by atoms with Gasteiger partial charge in [-0.05, 0) is 54.0 Å². The van der Waals surface area contributed by atoms with E-state index in [1.165, 1.54) is 5.69 Å². The molecule has 106 valence electrons. The fourth-order valence-electron chi connectivity index (χ4n) is 2.50. The first-order chi connectivity index (χ1) is 9.22. The Bertz CT molecular complexity index is 374. The number of nitrogens with zero attached hydrogens (tertiary/aromatic N) is 2. The molecule has 0 amide bonds. The van der Waals surface area contributed by atoms with Gasteiger partial charge in [0, 0.05) is 43.0 Å². The zero-order valence-electron chi connectivity index (χ0n) is 11.5. The lowest BCUT2D eigenvalue weighted by Gasteiger charge is -2.33. The number of piperidine rings is 1. The van der Waals surface area contributed by atoms with Crippen molar-refractivity contribution in [2.45, 2.75) is 25.0 Å². The molecule has 19 heavy (non-hydrogen) atoms. The number of methoxy groups -OCH3 is 2. The SMILES string of the molecule is COC(CN1CCC(c2ccc(Br)cn2)CC1)OC. The molecule has 0 aromatic carbocycles. The van der Waals surface area contributed by atoms with Crippen LogP contribution in [0.2, 0.25) is 0 Å². The summed E-state index contributed by atoms with van der Waals surface area (Å²) < 4.78 is 11.5. The highest BCUT2D eigenvalue weighted by Crippen LogP contribution is 2.27. The van der Waals surface area contributed by atoms with Crippen LogP contribution in [0.25, 0.3) is 0 Å². The molecule has 2 rings (SSSR count). The summed E-state index contributed by atoms with van der Waals surface area (Å²) in [4.78, 5) is 6.90. The molecule has 0 N–H and O–H groups in total. The topological polar surface area (TPSA) is 34.6 Å². The molecule has 1 saturated heterocycles.